The first-order chi connectivity index (χ1) is 16.1. The van der Waals surface area contributed by atoms with Crippen molar-refractivity contribution in [1.82, 2.24) is 9.97 Å². The smallest absolute Gasteiger partial charge is 0.250 e. The van der Waals surface area contributed by atoms with Crippen LogP contribution in [0.25, 0.3) is 17.3 Å². The van der Waals surface area contributed by atoms with E-state index in [0.29, 0.717) is 17.5 Å². The molecule has 0 aliphatic carbocycles. The molecule has 0 saturated heterocycles. The molecule has 0 saturated carbocycles. The molecular formula is C24H19N3O4S2. The molecule has 0 radical (unpaired) electrons. The van der Waals surface area contributed by atoms with Crippen molar-refractivity contribution in [3.8, 4) is 28.5 Å². The van der Waals surface area contributed by atoms with E-state index in [2.05, 4.69) is 15.3 Å². The number of carbonyl (C=O) groups excluding carboxylic acids is 1. The Bertz CT molecular complexity index is 1310. The Kier molecular flexibility index (Phi) is 6.05. The lowest BCUT2D eigenvalue weighted by atomic mass is 10.1. The lowest BCUT2D eigenvalue weighted by Gasteiger charge is -2.04. The SMILES string of the molecule is Cc1nc(COc2ccc(/C=C/C(=O)Nc3nc(-c4ccc5c(c4)OCO5)cs3)cc2)cs1. The standard InChI is InChI=1S/C24H19N3O4S2/c1-15-25-18(12-32-15)11-29-19-6-2-16(3-7-19)4-9-23(28)27-24-26-20(13-33-24)17-5-8-21-22(10-17)31-14-30-21/h2-10,12-13H,11,14H2,1H3,(H,26,27,28)/b9-4+. The molecule has 0 spiro atoms. The van der Waals surface area contributed by atoms with Crippen molar-refractivity contribution in [3.63, 3.8) is 0 Å². The molecule has 0 bridgehead atoms. The van der Waals surface area contributed by atoms with E-state index in [9.17, 15) is 4.79 Å². The zero-order valence-electron chi connectivity index (χ0n) is 17.6. The van der Waals surface area contributed by atoms with E-state index in [1.807, 2.05) is 60.1 Å². The zero-order chi connectivity index (χ0) is 22.6. The molecule has 1 aliphatic rings. The second-order valence-corrected chi connectivity index (χ2v) is 9.06. The minimum atomic E-state index is -0.249. The fourth-order valence-corrected chi connectivity index (χ4v) is 4.47. The first kappa shape index (κ1) is 21.2. The average molecular weight is 478 g/mol. The van der Waals surface area contributed by atoms with E-state index in [-0.39, 0.29) is 12.7 Å². The number of thiazole rings is 2. The number of carbonyl (C=O) groups is 1. The van der Waals surface area contributed by atoms with Gasteiger partial charge in [0.2, 0.25) is 12.7 Å². The largest absolute Gasteiger partial charge is 0.487 e. The lowest BCUT2D eigenvalue weighted by Crippen LogP contribution is -2.07. The zero-order valence-corrected chi connectivity index (χ0v) is 19.2. The van der Waals surface area contributed by atoms with Crippen LogP contribution in [0.2, 0.25) is 0 Å². The summed E-state index contributed by atoms with van der Waals surface area (Å²) in [5, 5.41) is 8.23. The van der Waals surface area contributed by atoms with Gasteiger partial charge in [-0.1, -0.05) is 12.1 Å². The van der Waals surface area contributed by atoms with E-state index in [1.54, 1.807) is 17.4 Å². The third-order valence-corrected chi connectivity index (χ3v) is 6.34. The van der Waals surface area contributed by atoms with Crippen molar-refractivity contribution in [3.05, 3.63) is 75.6 Å². The van der Waals surface area contributed by atoms with E-state index in [0.717, 1.165) is 39.0 Å². The molecular weight excluding hydrogens is 458 g/mol. The summed E-state index contributed by atoms with van der Waals surface area (Å²) in [5.41, 5.74) is 3.48. The van der Waals surface area contributed by atoms with Crippen LogP contribution in [0.1, 0.15) is 16.3 Å². The van der Waals surface area contributed by atoms with E-state index in [1.165, 1.54) is 17.4 Å². The third kappa shape index (κ3) is 5.21. The van der Waals surface area contributed by atoms with Crippen LogP contribution in [0.5, 0.6) is 17.2 Å². The Balaban J connectivity index is 1.15. The van der Waals surface area contributed by atoms with Gasteiger partial charge in [-0.15, -0.1) is 22.7 Å². The van der Waals surface area contributed by atoms with Crippen molar-refractivity contribution >= 4 is 39.8 Å². The number of anilines is 1. The molecule has 3 heterocycles. The van der Waals surface area contributed by atoms with Crippen molar-refractivity contribution < 1.29 is 19.0 Å². The normalized spacial score (nSPS) is 12.3. The number of aryl methyl sites for hydroxylation is 1. The Morgan fingerprint density at radius 2 is 1.94 bits per heavy atom. The number of hydrogen-bond donors (Lipinski definition) is 1. The number of benzene rings is 2. The van der Waals surface area contributed by atoms with Crippen LogP contribution in [0.4, 0.5) is 5.13 Å². The molecule has 0 fully saturated rings. The predicted octanol–water partition coefficient (Wildman–Crippen LogP) is 5.53. The van der Waals surface area contributed by atoms with Gasteiger partial charge in [-0.2, -0.15) is 0 Å². The molecule has 166 valence electrons. The van der Waals surface area contributed by atoms with E-state index >= 15 is 0 Å². The minimum absolute atomic E-state index is 0.228. The summed E-state index contributed by atoms with van der Waals surface area (Å²) in [6.07, 6.45) is 3.23. The Hall–Kier alpha value is -3.69. The second-order valence-electron chi connectivity index (χ2n) is 7.14. The molecule has 2 aromatic carbocycles. The van der Waals surface area contributed by atoms with Crippen LogP contribution in [0.15, 0.2) is 59.3 Å². The van der Waals surface area contributed by atoms with Gasteiger partial charge >= 0.3 is 0 Å². The molecule has 0 atom stereocenters. The van der Waals surface area contributed by atoms with Gasteiger partial charge in [-0.05, 0) is 48.9 Å². The fourth-order valence-electron chi connectivity index (χ4n) is 3.15. The summed E-state index contributed by atoms with van der Waals surface area (Å²) in [6, 6.07) is 13.2. The molecule has 1 aliphatic heterocycles. The van der Waals surface area contributed by atoms with Gasteiger partial charge in [0.05, 0.1) is 16.4 Å². The van der Waals surface area contributed by atoms with Gasteiger partial charge < -0.3 is 14.2 Å². The molecule has 0 unspecified atom stereocenters. The van der Waals surface area contributed by atoms with Gasteiger partial charge in [0, 0.05) is 22.4 Å². The van der Waals surface area contributed by atoms with Crippen molar-refractivity contribution in [2.45, 2.75) is 13.5 Å². The van der Waals surface area contributed by atoms with Gasteiger partial charge in [-0.3, -0.25) is 10.1 Å². The minimum Gasteiger partial charge on any atom is -0.487 e. The van der Waals surface area contributed by atoms with Crippen molar-refractivity contribution in [1.29, 1.82) is 0 Å². The number of nitrogens with one attached hydrogen (secondary N) is 1. The third-order valence-electron chi connectivity index (χ3n) is 4.76. The first-order valence-electron chi connectivity index (χ1n) is 10.1. The highest BCUT2D eigenvalue weighted by molar-refractivity contribution is 7.14. The Morgan fingerprint density at radius 1 is 1.09 bits per heavy atom. The quantitative estimate of drug-likeness (QED) is 0.352. The number of fused-ring (bicyclic) bond motifs is 1. The Morgan fingerprint density at radius 3 is 2.76 bits per heavy atom. The highest BCUT2D eigenvalue weighted by Crippen LogP contribution is 2.36. The molecule has 33 heavy (non-hydrogen) atoms. The number of aromatic nitrogens is 2. The van der Waals surface area contributed by atoms with Gasteiger partial charge in [0.1, 0.15) is 12.4 Å². The summed E-state index contributed by atoms with van der Waals surface area (Å²) >= 11 is 2.97. The van der Waals surface area contributed by atoms with Gasteiger partial charge in [-0.25, -0.2) is 9.97 Å². The molecule has 1 amide bonds. The molecule has 7 nitrogen and oxygen atoms in total. The molecule has 5 rings (SSSR count). The van der Waals surface area contributed by atoms with Crippen LogP contribution in [-0.2, 0) is 11.4 Å². The summed E-state index contributed by atoms with van der Waals surface area (Å²) in [6.45, 7) is 2.63. The van der Waals surface area contributed by atoms with Gasteiger partial charge in [0.15, 0.2) is 16.6 Å². The number of rotatable bonds is 7. The number of amides is 1. The van der Waals surface area contributed by atoms with Crippen LogP contribution < -0.4 is 19.5 Å². The van der Waals surface area contributed by atoms with Crippen LogP contribution >= 0.6 is 22.7 Å². The number of nitrogens with zero attached hydrogens (tertiary/aromatic N) is 2. The summed E-state index contributed by atoms with van der Waals surface area (Å²) < 4.78 is 16.5. The predicted molar refractivity (Wildman–Crippen MR) is 129 cm³/mol. The molecule has 9 heteroatoms. The van der Waals surface area contributed by atoms with Crippen molar-refractivity contribution in [2.24, 2.45) is 0 Å². The maximum atomic E-state index is 12.3. The second kappa shape index (κ2) is 9.43. The summed E-state index contributed by atoms with van der Waals surface area (Å²) in [4.78, 5) is 21.2. The van der Waals surface area contributed by atoms with Crippen LogP contribution in [0, 0.1) is 6.92 Å². The van der Waals surface area contributed by atoms with Crippen LogP contribution in [0.3, 0.4) is 0 Å². The Labute approximate surface area is 198 Å². The molecule has 4 aromatic rings. The van der Waals surface area contributed by atoms with E-state index in [4.69, 9.17) is 14.2 Å². The maximum absolute atomic E-state index is 12.3. The number of ether oxygens (including phenoxy) is 3. The van der Waals surface area contributed by atoms with Gasteiger partial charge in [0.25, 0.3) is 0 Å². The lowest BCUT2D eigenvalue weighted by molar-refractivity contribution is -0.111. The first-order valence-corrected chi connectivity index (χ1v) is 11.9. The van der Waals surface area contributed by atoms with Crippen molar-refractivity contribution in [2.75, 3.05) is 12.1 Å². The molecule has 2 aromatic heterocycles. The topological polar surface area (TPSA) is 82.6 Å². The number of hydrogen-bond acceptors (Lipinski definition) is 8. The molecule has 1 N–H and O–H groups in total. The van der Waals surface area contributed by atoms with Crippen LogP contribution in [-0.4, -0.2) is 22.7 Å². The fraction of sp³-hybridized carbons (Fsp3) is 0.125. The monoisotopic (exact) mass is 477 g/mol. The average Bonchev–Trinajstić information content (AvgIpc) is 3.57. The summed E-state index contributed by atoms with van der Waals surface area (Å²) in [5.74, 6) is 1.92. The maximum Gasteiger partial charge on any atom is 0.250 e. The highest BCUT2D eigenvalue weighted by atomic mass is 32.1. The summed E-state index contributed by atoms with van der Waals surface area (Å²) in [7, 11) is 0. The highest BCUT2D eigenvalue weighted by Gasteiger charge is 2.15. The van der Waals surface area contributed by atoms with E-state index < -0.39 is 0 Å².